The number of sulfonamides is 1. The smallest absolute Gasteiger partial charge is 0.212 e. The Morgan fingerprint density at radius 2 is 2.05 bits per heavy atom. The van der Waals surface area contributed by atoms with Gasteiger partial charge in [-0.3, -0.25) is 9.67 Å². The van der Waals surface area contributed by atoms with Crippen molar-refractivity contribution < 1.29 is 8.42 Å². The lowest BCUT2D eigenvalue weighted by atomic mass is 10.2. The average Bonchev–Trinajstić information content (AvgIpc) is 2.82. The third kappa shape index (κ3) is 4.64. The van der Waals surface area contributed by atoms with Crippen molar-refractivity contribution in [1.29, 1.82) is 0 Å². The van der Waals surface area contributed by atoms with E-state index in [1.807, 2.05) is 39.2 Å². The van der Waals surface area contributed by atoms with Gasteiger partial charge in [0.2, 0.25) is 10.0 Å². The van der Waals surface area contributed by atoms with Gasteiger partial charge in [-0.05, 0) is 17.5 Å². The highest BCUT2D eigenvalue weighted by atomic mass is 32.2. The molecule has 114 valence electrons. The van der Waals surface area contributed by atoms with Gasteiger partial charge in [0.15, 0.2) is 0 Å². The maximum Gasteiger partial charge on any atom is 0.212 e. The van der Waals surface area contributed by atoms with Crippen LogP contribution in [0.25, 0.3) is 11.3 Å². The predicted molar refractivity (Wildman–Crippen MR) is 81.9 cm³/mol. The molecule has 2 aromatic rings. The van der Waals surface area contributed by atoms with Gasteiger partial charge in [-0.2, -0.15) is 5.10 Å². The minimum Gasteiger partial charge on any atom is -0.275 e. The third-order valence-electron chi connectivity index (χ3n) is 2.87. The van der Waals surface area contributed by atoms with Gasteiger partial charge in [0.05, 0.1) is 17.6 Å². The van der Waals surface area contributed by atoms with Crippen LogP contribution in [0.3, 0.4) is 0 Å². The van der Waals surface area contributed by atoms with Gasteiger partial charge in [0.25, 0.3) is 0 Å². The number of aryl methyl sites for hydroxylation is 1. The first-order valence-electron chi connectivity index (χ1n) is 6.77. The van der Waals surface area contributed by atoms with Crippen LogP contribution in [0.2, 0.25) is 0 Å². The number of aromatic nitrogens is 3. The summed E-state index contributed by atoms with van der Waals surface area (Å²) in [5.74, 6) is 0.238. The lowest BCUT2D eigenvalue weighted by molar-refractivity contribution is 0.568. The zero-order chi connectivity index (χ0) is 15.5. The van der Waals surface area contributed by atoms with Gasteiger partial charge in [0.1, 0.15) is 0 Å². The molecule has 0 saturated heterocycles. The molecule has 0 aliphatic heterocycles. The van der Waals surface area contributed by atoms with E-state index in [4.69, 9.17) is 0 Å². The lowest BCUT2D eigenvalue weighted by Gasteiger charge is -2.08. The van der Waals surface area contributed by atoms with E-state index in [1.54, 1.807) is 17.1 Å². The Bertz CT molecular complexity index is 690. The van der Waals surface area contributed by atoms with Crippen molar-refractivity contribution in [3.63, 3.8) is 0 Å². The van der Waals surface area contributed by atoms with Crippen LogP contribution in [0.4, 0.5) is 0 Å². The summed E-state index contributed by atoms with van der Waals surface area (Å²) < 4.78 is 27.8. The number of nitrogens with one attached hydrogen (secondary N) is 1. The van der Waals surface area contributed by atoms with Crippen LogP contribution in [0.15, 0.2) is 30.7 Å². The maximum absolute atomic E-state index is 11.8. The van der Waals surface area contributed by atoms with E-state index in [0.29, 0.717) is 0 Å². The van der Waals surface area contributed by atoms with Crippen molar-refractivity contribution in [3.8, 4) is 11.3 Å². The minimum absolute atomic E-state index is 0.105. The molecule has 1 N–H and O–H groups in total. The Balaban J connectivity index is 2.00. The summed E-state index contributed by atoms with van der Waals surface area (Å²) in [5, 5.41) is 4.10. The van der Waals surface area contributed by atoms with Crippen LogP contribution in [0.5, 0.6) is 0 Å². The molecule has 0 fully saturated rings. The molecule has 0 spiro atoms. The quantitative estimate of drug-likeness (QED) is 0.878. The molecule has 0 atom stereocenters. The molecule has 0 unspecified atom stereocenters. The van der Waals surface area contributed by atoms with E-state index in [1.165, 1.54) is 0 Å². The first kappa shape index (κ1) is 15.7. The molecular formula is C14H20N4O2S. The molecule has 7 heteroatoms. The summed E-state index contributed by atoms with van der Waals surface area (Å²) in [6.45, 7) is 4.02. The van der Waals surface area contributed by atoms with Crippen LogP contribution in [0, 0.1) is 5.92 Å². The normalized spacial score (nSPS) is 12.0. The van der Waals surface area contributed by atoms with Crippen molar-refractivity contribution in [3.05, 3.63) is 36.3 Å². The lowest BCUT2D eigenvalue weighted by Crippen LogP contribution is -2.28. The first-order valence-corrected chi connectivity index (χ1v) is 8.42. The first-order chi connectivity index (χ1) is 9.85. The van der Waals surface area contributed by atoms with Gasteiger partial charge in [-0.15, -0.1) is 0 Å². The van der Waals surface area contributed by atoms with Gasteiger partial charge in [0, 0.05) is 31.5 Å². The maximum atomic E-state index is 11.8. The second kappa shape index (κ2) is 6.36. The molecule has 0 aliphatic carbocycles. The fraction of sp³-hybridized carbons (Fsp3) is 0.429. The molecule has 0 aromatic carbocycles. The molecule has 2 aromatic heterocycles. The van der Waals surface area contributed by atoms with E-state index >= 15 is 0 Å². The third-order valence-corrected chi connectivity index (χ3v) is 4.56. The number of pyridine rings is 1. The summed E-state index contributed by atoms with van der Waals surface area (Å²) in [4.78, 5) is 4.34. The Morgan fingerprint density at radius 3 is 2.57 bits per heavy atom. The van der Waals surface area contributed by atoms with Crippen LogP contribution in [0.1, 0.15) is 19.4 Å². The number of hydrogen-bond acceptors (Lipinski definition) is 4. The number of rotatable bonds is 6. The van der Waals surface area contributed by atoms with Crippen molar-refractivity contribution in [2.45, 2.75) is 20.4 Å². The summed E-state index contributed by atoms with van der Waals surface area (Å²) >= 11 is 0. The highest BCUT2D eigenvalue weighted by Gasteiger charge is 2.12. The molecule has 0 amide bonds. The average molecular weight is 308 g/mol. The summed E-state index contributed by atoms with van der Waals surface area (Å²) in [7, 11) is -1.38. The highest BCUT2D eigenvalue weighted by molar-refractivity contribution is 7.89. The number of nitrogens with zero attached hydrogens (tertiary/aromatic N) is 3. The molecule has 0 saturated carbocycles. The largest absolute Gasteiger partial charge is 0.275 e. The minimum atomic E-state index is -3.23. The fourth-order valence-corrected chi connectivity index (χ4v) is 3.33. The fourth-order valence-electron chi connectivity index (χ4n) is 1.94. The van der Waals surface area contributed by atoms with Crippen molar-refractivity contribution in [2.75, 3.05) is 5.75 Å². The van der Waals surface area contributed by atoms with Crippen LogP contribution in [-0.4, -0.2) is 28.9 Å². The zero-order valence-corrected chi connectivity index (χ0v) is 13.3. The second-order valence-corrected chi connectivity index (χ2v) is 7.30. The van der Waals surface area contributed by atoms with E-state index in [2.05, 4.69) is 14.8 Å². The topological polar surface area (TPSA) is 76.9 Å². The molecular weight excluding hydrogens is 288 g/mol. The highest BCUT2D eigenvalue weighted by Crippen LogP contribution is 2.15. The number of hydrogen-bond donors (Lipinski definition) is 1. The zero-order valence-electron chi connectivity index (χ0n) is 12.4. The molecule has 2 heterocycles. The standard InChI is InChI=1S/C14H20N4O2S/c1-11(2)10-21(19,20)17-7-12-4-5-14(15-6-12)13-8-16-18(3)9-13/h4-6,8-9,11,17H,7,10H2,1-3H3. The van der Waals surface area contributed by atoms with Crippen LogP contribution < -0.4 is 4.72 Å². The molecule has 21 heavy (non-hydrogen) atoms. The van der Waals surface area contributed by atoms with Gasteiger partial charge >= 0.3 is 0 Å². The van der Waals surface area contributed by atoms with Gasteiger partial charge in [-0.1, -0.05) is 19.9 Å². The van der Waals surface area contributed by atoms with Crippen LogP contribution >= 0.6 is 0 Å². The Kier molecular flexibility index (Phi) is 4.74. The van der Waals surface area contributed by atoms with Gasteiger partial charge < -0.3 is 0 Å². The summed E-state index contributed by atoms with van der Waals surface area (Å²) in [6, 6.07) is 3.73. The second-order valence-electron chi connectivity index (χ2n) is 5.45. The van der Waals surface area contributed by atoms with E-state index < -0.39 is 10.0 Å². The van der Waals surface area contributed by atoms with E-state index in [0.717, 1.165) is 16.8 Å². The van der Waals surface area contributed by atoms with E-state index in [-0.39, 0.29) is 18.2 Å². The summed E-state index contributed by atoms with van der Waals surface area (Å²) in [6.07, 6.45) is 5.31. The molecule has 2 rings (SSSR count). The van der Waals surface area contributed by atoms with Crippen molar-refractivity contribution in [2.24, 2.45) is 13.0 Å². The van der Waals surface area contributed by atoms with Crippen LogP contribution in [-0.2, 0) is 23.6 Å². The molecule has 0 aliphatic rings. The Labute approximate surface area is 125 Å². The van der Waals surface area contributed by atoms with Crippen molar-refractivity contribution in [1.82, 2.24) is 19.5 Å². The monoisotopic (exact) mass is 308 g/mol. The molecule has 6 nitrogen and oxygen atoms in total. The Hall–Kier alpha value is -1.73. The molecule has 0 radical (unpaired) electrons. The molecule has 0 bridgehead atoms. The Morgan fingerprint density at radius 1 is 1.29 bits per heavy atom. The van der Waals surface area contributed by atoms with Crippen molar-refractivity contribution >= 4 is 10.0 Å². The summed E-state index contributed by atoms with van der Waals surface area (Å²) in [5.41, 5.74) is 2.58. The SMILES string of the molecule is CC(C)CS(=O)(=O)NCc1ccc(-c2cnn(C)c2)nc1. The predicted octanol–water partition coefficient (Wildman–Crippen LogP) is 1.56. The van der Waals surface area contributed by atoms with Gasteiger partial charge in [-0.25, -0.2) is 13.1 Å². The van der Waals surface area contributed by atoms with E-state index in [9.17, 15) is 8.42 Å².